The Morgan fingerprint density at radius 2 is 2.14 bits per heavy atom. The molecule has 3 rings (SSSR count). The Morgan fingerprint density at radius 3 is 2.83 bits per heavy atom. The number of aliphatic imine (C=N–C) groups is 1. The van der Waals surface area contributed by atoms with E-state index in [4.69, 9.17) is 9.15 Å². The molecule has 2 atom stereocenters. The van der Waals surface area contributed by atoms with Crippen molar-refractivity contribution in [2.24, 2.45) is 4.99 Å². The number of alkyl halides is 3. The fraction of sp³-hybridized carbons (Fsp3) is 0.737. The summed E-state index contributed by atoms with van der Waals surface area (Å²) in [5.74, 6) is 1.50. The highest BCUT2D eigenvalue weighted by Crippen LogP contribution is 2.20. The van der Waals surface area contributed by atoms with Crippen LogP contribution in [0.4, 0.5) is 13.2 Å². The number of halogens is 4. The van der Waals surface area contributed by atoms with E-state index in [1.54, 1.807) is 6.26 Å². The third kappa shape index (κ3) is 9.12. The average molecular weight is 530 g/mol. The van der Waals surface area contributed by atoms with Gasteiger partial charge in [0, 0.05) is 38.7 Å². The summed E-state index contributed by atoms with van der Waals surface area (Å²) in [6.45, 7) is 1.88. The van der Waals surface area contributed by atoms with Crippen LogP contribution in [0.15, 0.2) is 27.8 Å². The summed E-state index contributed by atoms with van der Waals surface area (Å²) >= 11 is 0. The second-order valence-corrected chi connectivity index (χ2v) is 7.41. The molecule has 0 aliphatic carbocycles. The lowest BCUT2D eigenvalue weighted by Crippen LogP contribution is -2.46. The van der Waals surface area contributed by atoms with Crippen LogP contribution in [0.2, 0.25) is 0 Å². The van der Waals surface area contributed by atoms with Gasteiger partial charge in [-0.2, -0.15) is 13.2 Å². The van der Waals surface area contributed by atoms with Crippen LogP contribution in [0.5, 0.6) is 0 Å². The van der Waals surface area contributed by atoms with Crippen molar-refractivity contribution in [1.29, 1.82) is 0 Å². The van der Waals surface area contributed by atoms with Gasteiger partial charge in [0.1, 0.15) is 5.76 Å². The molecule has 0 radical (unpaired) electrons. The molecule has 0 bridgehead atoms. The van der Waals surface area contributed by atoms with Gasteiger partial charge in [0.25, 0.3) is 0 Å². The molecular formula is C19H30F3IN4O2. The Bertz CT molecular complexity index is 607. The van der Waals surface area contributed by atoms with Crippen LogP contribution in [0, 0.1) is 0 Å². The maximum absolute atomic E-state index is 12.6. The number of rotatable bonds is 7. The van der Waals surface area contributed by atoms with E-state index in [2.05, 4.69) is 15.6 Å². The van der Waals surface area contributed by atoms with E-state index in [0.717, 1.165) is 31.6 Å². The summed E-state index contributed by atoms with van der Waals surface area (Å²) < 4.78 is 48.9. The molecule has 10 heteroatoms. The number of nitrogens with one attached hydrogen (secondary N) is 2. The third-order valence-corrected chi connectivity index (χ3v) is 4.99. The van der Waals surface area contributed by atoms with Gasteiger partial charge in [-0.15, -0.1) is 24.0 Å². The molecule has 29 heavy (non-hydrogen) atoms. The first kappa shape index (κ1) is 24.3. The van der Waals surface area contributed by atoms with Gasteiger partial charge in [-0.1, -0.05) is 0 Å². The molecule has 2 saturated heterocycles. The summed E-state index contributed by atoms with van der Waals surface area (Å²) in [7, 11) is 0. The van der Waals surface area contributed by atoms with Gasteiger partial charge < -0.3 is 19.8 Å². The van der Waals surface area contributed by atoms with Crippen LogP contribution in [-0.2, 0) is 11.2 Å². The molecule has 0 spiro atoms. The number of hydrogen-bond donors (Lipinski definition) is 2. The Hall–Kier alpha value is -1.01. The summed E-state index contributed by atoms with van der Waals surface area (Å²) in [4.78, 5) is 6.06. The quantitative estimate of drug-likeness (QED) is 0.322. The van der Waals surface area contributed by atoms with Crippen LogP contribution < -0.4 is 10.6 Å². The van der Waals surface area contributed by atoms with Gasteiger partial charge in [0.2, 0.25) is 0 Å². The van der Waals surface area contributed by atoms with Gasteiger partial charge in [-0.25, -0.2) is 0 Å². The van der Waals surface area contributed by atoms with E-state index < -0.39 is 12.7 Å². The van der Waals surface area contributed by atoms with E-state index in [1.807, 2.05) is 12.1 Å². The lowest BCUT2D eigenvalue weighted by atomic mass is 10.1. The Morgan fingerprint density at radius 1 is 1.28 bits per heavy atom. The molecule has 6 nitrogen and oxygen atoms in total. The lowest BCUT2D eigenvalue weighted by molar-refractivity contribution is -0.143. The highest BCUT2D eigenvalue weighted by atomic mass is 127. The zero-order valence-corrected chi connectivity index (χ0v) is 18.7. The molecule has 2 aliphatic heterocycles. The zero-order valence-electron chi connectivity index (χ0n) is 16.4. The zero-order chi connectivity index (χ0) is 19.8. The Labute approximate surface area is 186 Å². The molecular weight excluding hydrogens is 500 g/mol. The molecule has 0 saturated carbocycles. The van der Waals surface area contributed by atoms with E-state index in [1.165, 1.54) is 4.90 Å². The van der Waals surface area contributed by atoms with Gasteiger partial charge in [-0.05, 0) is 37.8 Å². The number of guanidine groups is 1. The summed E-state index contributed by atoms with van der Waals surface area (Å²) in [5.41, 5.74) is 0. The molecule has 0 aromatic carbocycles. The molecule has 2 unspecified atom stereocenters. The van der Waals surface area contributed by atoms with Crippen molar-refractivity contribution >= 4 is 29.9 Å². The molecule has 3 heterocycles. The first-order chi connectivity index (χ1) is 13.5. The Balaban J connectivity index is 0.00000300. The van der Waals surface area contributed by atoms with Crippen LogP contribution >= 0.6 is 24.0 Å². The molecule has 2 fully saturated rings. The fourth-order valence-electron chi connectivity index (χ4n) is 3.60. The maximum atomic E-state index is 12.6. The molecule has 1 aromatic rings. The van der Waals surface area contributed by atoms with Crippen LogP contribution in [0.1, 0.15) is 31.4 Å². The van der Waals surface area contributed by atoms with Crippen molar-refractivity contribution < 1.29 is 22.3 Å². The van der Waals surface area contributed by atoms with Crippen LogP contribution in [0.3, 0.4) is 0 Å². The van der Waals surface area contributed by atoms with Crippen molar-refractivity contribution in [2.75, 3.05) is 39.3 Å². The molecule has 0 amide bonds. The predicted octanol–water partition coefficient (Wildman–Crippen LogP) is 3.18. The minimum Gasteiger partial charge on any atom is -0.469 e. The number of ether oxygens (including phenoxy) is 1. The number of likely N-dealkylation sites (tertiary alicyclic amines) is 1. The van der Waals surface area contributed by atoms with Crippen LogP contribution in [0.25, 0.3) is 0 Å². The predicted molar refractivity (Wildman–Crippen MR) is 116 cm³/mol. The molecule has 2 aliphatic rings. The maximum Gasteiger partial charge on any atom is 0.401 e. The van der Waals surface area contributed by atoms with Crippen molar-refractivity contribution in [3.05, 3.63) is 24.2 Å². The normalized spacial score (nSPS) is 23.6. The highest BCUT2D eigenvalue weighted by molar-refractivity contribution is 14.0. The lowest BCUT2D eigenvalue weighted by Gasteiger charge is -2.23. The smallest absolute Gasteiger partial charge is 0.401 e. The minimum absolute atomic E-state index is 0. The molecule has 166 valence electrons. The van der Waals surface area contributed by atoms with Gasteiger partial charge in [0.15, 0.2) is 5.96 Å². The molecule has 1 aromatic heterocycles. The van der Waals surface area contributed by atoms with Gasteiger partial charge >= 0.3 is 6.18 Å². The van der Waals surface area contributed by atoms with E-state index in [9.17, 15) is 13.2 Å². The number of hydrogen-bond acceptors (Lipinski definition) is 4. The monoisotopic (exact) mass is 530 g/mol. The second kappa shape index (κ2) is 12.0. The summed E-state index contributed by atoms with van der Waals surface area (Å²) in [6.07, 6.45) is 2.18. The van der Waals surface area contributed by atoms with E-state index in [-0.39, 0.29) is 36.1 Å². The number of furan rings is 1. The largest absolute Gasteiger partial charge is 0.469 e. The van der Waals surface area contributed by atoms with Crippen molar-refractivity contribution in [3.8, 4) is 0 Å². The topological polar surface area (TPSA) is 62.0 Å². The summed E-state index contributed by atoms with van der Waals surface area (Å²) in [5, 5.41) is 6.57. The highest BCUT2D eigenvalue weighted by Gasteiger charge is 2.34. The van der Waals surface area contributed by atoms with Gasteiger partial charge in [0.05, 0.1) is 25.5 Å². The standard InChI is InChI=1S/C19H29F3N4O2.HI/c20-19(21,22)14-26-9-7-15(13-26)25-18(23-8-6-16-5-3-11-27-16)24-12-17-4-1-2-10-28-17;/h3,5,11,15,17H,1-2,4,6-10,12-14H2,(H2,23,24,25);1H. The summed E-state index contributed by atoms with van der Waals surface area (Å²) in [6, 6.07) is 3.70. The first-order valence-electron chi connectivity index (χ1n) is 9.96. The number of nitrogens with zero attached hydrogens (tertiary/aromatic N) is 2. The first-order valence-corrected chi connectivity index (χ1v) is 9.96. The second-order valence-electron chi connectivity index (χ2n) is 7.41. The van der Waals surface area contributed by atoms with E-state index in [0.29, 0.717) is 45.0 Å². The Kier molecular flexibility index (Phi) is 10.0. The fourth-order valence-corrected chi connectivity index (χ4v) is 3.60. The van der Waals surface area contributed by atoms with Crippen molar-refractivity contribution in [3.63, 3.8) is 0 Å². The van der Waals surface area contributed by atoms with Crippen molar-refractivity contribution in [1.82, 2.24) is 15.5 Å². The third-order valence-electron chi connectivity index (χ3n) is 4.99. The SMILES string of the molecule is FC(F)(F)CN1CCC(NC(=NCC2CCCCO2)NCCc2ccco2)C1.I. The van der Waals surface area contributed by atoms with Crippen molar-refractivity contribution in [2.45, 2.75) is 50.4 Å². The van der Waals surface area contributed by atoms with Crippen LogP contribution in [-0.4, -0.2) is 68.5 Å². The van der Waals surface area contributed by atoms with Gasteiger partial charge in [-0.3, -0.25) is 9.89 Å². The average Bonchev–Trinajstić information content (AvgIpc) is 3.31. The minimum atomic E-state index is -4.16. The molecule has 2 N–H and O–H groups in total. The van der Waals surface area contributed by atoms with E-state index >= 15 is 0 Å².